The van der Waals surface area contributed by atoms with Crippen LogP contribution in [0.3, 0.4) is 0 Å². The van der Waals surface area contributed by atoms with Crippen LogP contribution in [0.25, 0.3) is 0 Å². The van der Waals surface area contributed by atoms with Crippen LogP contribution in [0.5, 0.6) is 0 Å². The number of hydrogen-bond donors (Lipinski definition) is 2. The fourth-order valence-corrected chi connectivity index (χ4v) is 1.59. The van der Waals surface area contributed by atoms with Crippen LogP contribution >= 0.6 is 0 Å². The van der Waals surface area contributed by atoms with Gasteiger partial charge in [-0.2, -0.15) is 0 Å². The molecule has 1 aromatic heterocycles. The zero-order valence-corrected chi connectivity index (χ0v) is 8.21. The van der Waals surface area contributed by atoms with Gasteiger partial charge in [0.1, 0.15) is 0 Å². The fraction of sp³-hybridized carbons (Fsp3) is 0.143. The molecule has 0 saturated carbocycles. The topological polar surface area (TPSA) is 106 Å². The van der Waals surface area contributed by atoms with E-state index in [1.807, 2.05) is 0 Å². The molecule has 76 valence electrons. The number of pyridine rings is 1. The number of nitrogens with one attached hydrogen (secondary N) is 1. The Kier molecular flexibility index (Phi) is 2.82. The highest BCUT2D eigenvalue weighted by molar-refractivity contribution is 7.90. The fourth-order valence-electron chi connectivity index (χ4n) is 0.898. The Balaban J connectivity index is 3.38. The van der Waals surface area contributed by atoms with Gasteiger partial charge in [-0.05, 0) is 12.1 Å². The maximum atomic E-state index is 11.2. The average Bonchev–Trinajstić information content (AvgIpc) is 2.15. The summed E-state index contributed by atoms with van der Waals surface area (Å²) in [6, 6.07) is 2.83. The molecule has 3 N–H and O–H groups in total. The summed E-state index contributed by atoms with van der Waals surface area (Å²) in [6.07, 6.45) is 1.31. The normalized spacial score (nSPS) is 14.4. The van der Waals surface area contributed by atoms with Crippen molar-refractivity contribution in [1.82, 2.24) is 4.98 Å². The van der Waals surface area contributed by atoms with Gasteiger partial charge in [0, 0.05) is 6.20 Å². The molecule has 0 aromatic carbocycles. The molecule has 14 heavy (non-hydrogen) atoms. The second kappa shape index (κ2) is 3.72. The molecule has 0 saturated heterocycles. The summed E-state index contributed by atoms with van der Waals surface area (Å²) in [7, 11) is -2.32. The van der Waals surface area contributed by atoms with Crippen LogP contribution in [0, 0.1) is 4.78 Å². The van der Waals surface area contributed by atoms with E-state index < -0.39 is 15.9 Å². The number of nitrogens with zero attached hydrogens (tertiary/aromatic N) is 1. The number of ether oxygens (including phenoxy) is 1. The van der Waals surface area contributed by atoms with Crippen LogP contribution < -0.4 is 5.14 Å². The lowest BCUT2D eigenvalue weighted by Gasteiger charge is -2.05. The third kappa shape index (κ3) is 2.06. The minimum atomic E-state index is -3.50. The zero-order valence-electron chi connectivity index (χ0n) is 7.39. The average molecular weight is 215 g/mol. The lowest BCUT2D eigenvalue weighted by Crippen LogP contribution is -2.17. The molecule has 0 radical (unpaired) electrons. The summed E-state index contributed by atoms with van der Waals surface area (Å²) in [5.74, 6) is -0.710. The van der Waals surface area contributed by atoms with Gasteiger partial charge >= 0.3 is 5.97 Å². The van der Waals surface area contributed by atoms with Gasteiger partial charge in [0.25, 0.3) is 0 Å². The van der Waals surface area contributed by atoms with Crippen molar-refractivity contribution < 1.29 is 13.7 Å². The van der Waals surface area contributed by atoms with E-state index in [9.17, 15) is 9.00 Å². The third-order valence-electron chi connectivity index (χ3n) is 1.46. The minimum absolute atomic E-state index is 0.0440. The highest BCUT2D eigenvalue weighted by Crippen LogP contribution is 2.11. The summed E-state index contributed by atoms with van der Waals surface area (Å²) >= 11 is 0. The predicted molar refractivity (Wildman–Crippen MR) is 48.9 cm³/mol. The molecule has 0 aliphatic heterocycles. The van der Waals surface area contributed by atoms with E-state index in [1.54, 1.807) is 0 Å². The largest absolute Gasteiger partial charge is 0.465 e. The van der Waals surface area contributed by atoms with E-state index in [0.29, 0.717) is 0 Å². The molecule has 1 rings (SSSR count). The molecule has 0 spiro atoms. The van der Waals surface area contributed by atoms with E-state index in [0.717, 1.165) is 0 Å². The zero-order chi connectivity index (χ0) is 10.8. The van der Waals surface area contributed by atoms with Crippen molar-refractivity contribution in [2.24, 2.45) is 5.14 Å². The minimum Gasteiger partial charge on any atom is -0.465 e. The Morgan fingerprint density at radius 2 is 2.36 bits per heavy atom. The van der Waals surface area contributed by atoms with Gasteiger partial charge in [-0.15, -0.1) is 0 Å². The Morgan fingerprint density at radius 1 is 1.71 bits per heavy atom. The van der Waals surface area contributed by atoms with Crippen LogP contribution in [-0.2, 0) is 14.7 Å². The summed E-state index contributed by atoms with van der Waals surface area (Å²) in [4.78, 5) is 14.8. The first kappa shape index (κ1) is 10.6. The van der Waals surface area contributed by atoms with E-state index in [-0.39, 0.29) is 10.6 Å². The Hall–Kier alpha value is -1.47. The maximum Gasteiger partial charge on any atom is 0.340 e. The predicted octanol–water partition coefficient (Wildman–Crippen LogP) is 0.148. The SMILES string of the molecule is COC(=O)c1cccnc1S(=N)(N)=O. The van der Waals surface area contributed by atoms with E-state index in [1.165, 1.54) is 25.4 Å². The molecule has 0 amide bonds. The van der Waals surface area contributed by atoms with Gasteiger partial charge in [0.2, 0.25) is 0 Å². The lowest BCUT2D eigenvalue weighted by atomic mass is 10.3. The highest BCUT2D eigenvalue weighted by Gasteiger charge is 2.18. The molecule has 0 fully saturated rings. The van der Waals surface area contributed by atoms with E-state index >= 15 is 0 Å². The molecule has 0 aliphatic carbocycles. The van der Waals surface area contributed by atoms with E-state index in [2.05, 4.69) is 9.72 Å². The third-order valence-corrected chi connectivity index (χ3v) is 2.36. The van der Waals surface area contributed by atoms with Crippen molar-refractivity contribution >= 4 is 15.9 Å². The summed E-state index contributed by atoms with van der Waals surface area (Å²) in [5, 5.41) is 4.82. The van der Waals surface area contributed by atoms with Gasteiger partial charge in [0.15, 0.2) is 14.9 Å². The molecule has 0 bridgehead atoms. The second-order valence-electron chi connectivity index (χ2n) is 2.45. The molecule has 0 aliphatic rings. The van der Waals surface area contributed by atoms with Crippen LogP contribution in [0.2, 0.25) is 0 Å². The summed E-state index contributed by atoms with van der Waals surface area (Å²) in [6.45, 7) is 0. The number of carbonyl (C=O) groups is 1. The van der Waals surface area contributed by atoms with Crippen molar-refractivity contribution in [3.8, 4) is 0 Å². The summed E-state index contributed by atoms with van der Waals surface area (Å²) < 4.78 is 22.7. The monoisotopic (exact) mass is 215 g/mol. The van der Waals surface area contributed by atoms with Crippen LogP contribution in [0.4, 0.5) is 0 Å². The standard InChI is InChI=1S/C7H9N3O3S/c1-13-7(11)5-3-2-4-10-6(5)14(8,9)12/h2-4H,1H3,(H3,8,9,12). The quantitative estimate of drug-likeness (QED) is 0.684. The van der Waals surface area contributed by atoms with Crippen molar-refractivity contribution in [3.63, 3.8) is 0 Å². The first-order valence-electron chi connectivity index (χ1n) is 3.56. The van der Waals surface area contributed by atoms with Crippen molar-refractivity contribution in [1.29, 1.82) is 4.78 Å². The first-order valence-corrected chi connectivity index (χ1v) is 5.19. The van der Waals surface area contributed by atoms with E-state index in [4.69, 9.17) is 9.92 Å². The number of nitrogens with two attached hydrogens (primary N) is 1. The lowest BCUT2D eigenvalue weighted by molar-refractivity contribution is 0.0595. The number of aromatic nitrogens is 1. The molecular weight excluding hydrogens is 206 g/mol. The number of esters is 1. The van der Waals surface area contributed by atoms with Crippen LogP contribution in [0.1, 0.15) is 10.4 Å². The number of rotatable bonds is 2. The van der Waals surface area contributed by atoms with Crippen molar-refractivity contribution in [3.05, 3.63) is 23.9 Å². The van der Waals surface area contributed by atoms with Crippen LogP contribution in [-0.4, -0.2) is 22.3 Å². The second-order valence-corrected chi connectivity index (χ2v) is 4.04. The Morgan fingerprint density at radius 3 is 2.86 bits per heavy atom. The smallest absolute Gasteiger partial charge is 0.340 e. The van der Waals surface area contributed by atoms with Crippen molar-refractivity contribution in [2.45, 2.75) is 5.03 Å². The summed E-state index contributed by atoms with van der Waals surface area (Å²) in [5.41, 5.74) is -0.0440. The van der Waals surface area contributed by atoms with Gasteiger partial charge in [-0.1, -0.05) is 0 Å². The van der Waals surface area contributed by atoms with Gasteiger partial charge in [-0.25, -0.2) is 23.9 Å². The molecule has 1 heterocycles. The van der Waals surface area contributed by atoms with Gasteiger partial charge in [0.05, 0.1) is 12.7 Å². The first-order chi connectivity index (χ1) is 6.46. The van der Waals surface area contributed by atoms with Crippen LogP contribution in [0.15, 0.2) is 23.4 Å². The number of carbonyl (C=O) groups excluding carboxylic acids is 1. The van der Waals surface area contributed by atoms with Crippen molar-refractivity contribution in [2.75, 3.05) is 7.11 Å². The highest BCUT2D eigenvalue weighted by atomic mass is 32.2. The molecule has 6 nitrogen and oxygen atoms in total. The Labute approximate surface area is 81.2 Å². The number of methoxy groups -OCH3 is 1. The molecular formula is C7H9N3O3S. The Bertz CT molecular complexity index is 455. The molecule has 1 aromatic rings. The molecule has 1 atom stereocenters. The maximum absolute atomic E-state index is 11.2. The molecule has 1 unspecified atom stereocenters. The number of hydrogen-bond acceptors (Lipinski definition) is 5. The molecule has 7 heteroatoms. The van der Waals surface area contributed by atoms with Gasteiger partial charge < -0.3 is 4.74 Å². The van der Waals surface area contributed by atoms with Gasteiger partial charge in [-0.3, -0.25) is 0 Å².